The molecule has 0 heterocycles. The third-order valence-corrected chi connectivity index (χ3v) is 0.792. The third-order valence-electron chi connectivity index (χ3n) is 0.792. The standard InChI is InChI=1S/C6H12NO/c1-6(5-8)4-7(2)3/h5-6H,1,4H2,2-3H3. The van der Waals surface area contributed by atoms with Gasteiger partial charge in [-0.15, -0.1) is 0 Å². The molecule has 0 rings (SSSR count). The van der Waals surface area contributed by atoms with Crippen molar-refractivity contribution >= 4 is 6.29 Å². The smallest absolute Gasteiger partial charge is 0.124 e. The SMILES string of the molecule is [CH2]C(C=O)CN(C)C. The van der Waals surface area contributed by atoms with Crippen LogP contribution in [0.15, 0.2) is 0 Å². The first-order valence-electron chi connectivity index (χ1n) is 2.60. The van der Waals surface area contributed by atoms with Crippen molar-refractivity contribution in [1.82, 2.24) is 4.90 Å². The Morgan fingerprint density at radius 3 is 2.38 bits per heavy atom. The minimum atomic E-state index is -0.0787. The number of nitrogens with zero attached hydrogens (tertiary/aromatic N) is 1. The molecule has 0 N–H and O–H groups in total. The topological polar surface area (TPSA) is 20.3 Å². The van der Waals surface area contributed by atoms with E-state index in [1.54, 1.807) is 0 Å². The third kappa shape index (κ3) is 3.81. The summed E-state index contributed by atoms with van der Waals surface area (Å²) in [5.41, 5.74) is 0. The van der Waals surface area contributed by atoms with Crippen LogP contribution in [-0.2, 0) is 4.79 Å². The van der Waals surface area contributed by atoms with E-state index < -0.39 is 0 Å². The monoisotopic (exact) mass is 114 g/mol. The Morgan fingerprint density at radius 2 is 2.25 bits per heavy atom. The second-order valence-electron chi connectivity index (χ2n) is 2.16. The number of aldehydes is 1. The van der Waals surface area contributed by atoms with E-state index in [4.69, 9.17) is 0 Å². The second-order valence-corrected chi connectivity index (χ2v) is 2.16. The molecule has 0 saturated carbocycles. The lowest BCUT2D eigenvalue weighted by Gasteiger charge is -2.09. The molecule has 8 heavy (non-hydrogen) atoms. The number of carbonyl (C=O) groups is 1. The van der Waals surface area contributed by atoms with Crippen LogP contribution in [-0.4, -0.2) is 31.8 Å². The lowest BCUT2D eigenvalue weighted by atomic mass is 10.2. The molecule has 0 aromatic carbocycles. The van der Waals surface area contributed by atoms with Crippen molar-refractivity contribution in [3.63, 3.8) is 0 Å². The van der Waals surface area contributed by atoms with Crippen LogP contribution in [0.4, 0.5) is 0 Å². The fourth-order valence-electron chi connectivity index (χ4n) is 0.512. The highest BCUT2D eigenvalue weighted by atomic mass is 16.1. The van der Waals surface area contributed by atoms with E-state index in [0.29, 0.717) is 0 Å². The number of hydrogen-bond acceptors (Lipinski definition) is 2. The Morgan fingerprint density at radius 1 is 1.75 bits per heavy atom. The van der Waals surface area contributed by atoms with E-state index in [1.807, 2.05) is 19.0 Å². The molecule has 1 radical (unpaired) electrons. The first kappa shape index (κ1) is 7.63. The molecule has 0 saturated heterocycles. The minimum absolute atomic E-state index is 0.0787. The van der Waals surface area contributed by atoms with Gasteiger partial charge in [0.1, 0.15) is 6.29 Å². The summed E-state index contributed by atoms with van der Waals surface area (Å²) in [6.07, 6.45) is 0.861. The molecule has 0 fully saturated rings. The molecule has 47 valence electrons. The largest absolute Gasteiger partial charge is 0.309 e. The van der Waals surface area contributed by atoms with Crippen molar-refractivity contribution < 1.29 is 4.79 Å². The van der Waals surface area contributed by atoms with Crippen LogP contribution in [0, 0.1) is 12.8 Å². The fraction of sp³-hybridized carbons (Fsp3) is 0.667. The summed E-state index contributed by atoms with van der Waals surface area (Å²) in [6.45, 7) is 4.33. The zero-order valence-corrected chi connectivity index (χ0v) is 5.42. The summed E-state index contributed by atoms with van der Waals surface area (Å²) in [6, 6.07) is 0. The molecular formula is C6H12NO. The van der Waals surface area contributed by atoms with Gasteiger partial charge in [-0.2, -0.15) is 0 Å². The van der Waals surface area contributed by atoms with Gasteiger partial charge in [0.05, 0.1) is 0 Å². The highest BCUT2D eigenvalue weighted by Gasteiger charge is 1.98. The molecule has 0 aromatic rings. The number of hydrogen-bond donors (Lipinski definition) is 0. The van der Waals surface area contributed by atoms with E-state index in [2.05, 4.69) is 6.92 Å². The molecule has 0 bridgehead atoms. The Balaban J connectivity index is 3.23. The van der Waals surface area contributed by atoms with Gasteiger partial charge in [0.25, 0.3) is 0 Å². The van der Waals surface area contributed by atoms with Crippen LogP contribution < -0.4 is 0 Å². The average Bonchev–Trinajstić information content (AvgIpc) is 1.65. The molecule has 2 nitrogen and oxygen atoms in total. The van der Waals surface area contributed by atoms with Gasteiger partial charge in [0, 0.05) is 12.5 Å². The Kier molecular flexibility index (Phi) is 3.44. The summed E-state index contributed by atoms with van der Waals surface area (Å²) >= 11 is 0. The van der Waals surface area contributed by atoms with Crippen molar-refractivity contribution in [2.45, 2.75) is 0 Å². The molecule has 0 aliphatic carbocycles. The van der Waals surface area contributed by atoms with Crippen LogP contribution in [0.2, 0.25) is 0 Å². The van der Waals surface area contributed by atoms with Gasteiger partial charge in [0.15, 0.2) is 0 Å². The Bertz CT molecular complexity index is 70.9. The second kappa shape index (κ2) is 3.61. The van der Waals surface area contributed by atoms with Gasteiger partial charge in [-0.1, -0.05) is 0 Å². The number of carbonyl (C=O) groups excluding carboxylic acids is 1. The zero-order chi connectivity index (χ0) is 6.57. The predicted octanol–water partition coefficient (Wildman–Crippen LogP) is 0.197. The lowest BCUT2D eigenvalue weighted by molar-refractivity contribution is -0.110. The molecule has 1 unspecified atom stereocenters. The average molecular weight is 114 g/mol. The molecule has 0 aliphatic heterocycles. The first-order valence-corrected chi connectivity index (χ1v) is 2.60. The summed E-state index contributed by atoms with van der Waals surface area (Å²) in [5, 5.41) is 0. The van der Waals surface area contributed by atoms with Crippen molar-refractivity contribution in [1.29, 1.82) is 0 Å². The van der Waals surface area contributed by atoms with Gasteiger partial charge in [-0.05, 0) is 21.0 Å². The van der Waals surface area contributed by atoms with Gasteiger partial charge in [-0.3, -0.25) is 0 Å². The van der Waals surface area contributed by atoms with Crippen LogP contribution in [0.25, 0.3) is 0 Å². The maximum absolute atomic E-state index is 9.95. The van der Waals surface area contributed by atoms with Gasteiger partial charge in [0.2, 0.25) is 0 Å². The molecule has 0 spiro atoms. The molecule has 1 atom stereocenters. The van der Waals surface area contributed by atoms with Crippen molar-refractivity contribution in [3.05, 3.63) is 6.92 Å². The molecule has 0 aromatic heterocycles. The van der Waals surface area contributed by atoms with Crippen LogP contribution >= 0.6 is 0 Å². The van der Waals surface area contributed by atoms with E-state index in [1.165, 1.54) is 0 Å². The summed E-state index contributed by atoms with van der Waals surface area (Å²) in [5.74, 6) is -0.0787. The van der Waals surface area contributed by atoms with Crippen LogP contribution in [0.3, 0.4) is 0 Å². The quantitative estimate of drug-likeness (QED) is 0.488. The normalized spacial score (nSPS) is 14.0. The molecular weight excluding hydrogens is 102 g/mol. The molecule has 2 heteroatoms. The van der Waals surface area contributed by atoms with Crippen molar-refractivity contribution in [2.24, 2.45) is 5.92 Å². The van der Waals surface area contributed by atoms with Crippen molar-refractivity contribution in [2.75, 3.05) is 20.6 Å². The summed E-state index contributed by atoms with van der Waals surface area (Å²) in [7, 11) is 3.84. The summed E-state index contributed by atoms with van der Waals surface area (Å²) < 4.78 is 0. The van der Waals surface area contributed by atoms with E-state index in [0.717, 1.165) is 12.8 Å². The highest BCUT2D eigenvalue weighted by molar-refractivity contribution is 5.54. The van der Waals surface area contributed by atoms with Gasteiger partial charge < -0.3 is 9.69 Å². The molecule has 0 aliphatic rings. The van der Waals surface area contributed by atoms with E-state index in [9.17, 15) is 4.79 Å². The summed E-state index contributed by atoms with van der Waals surface area (Å²) in [4.78, 5) is 11.9. The van der Waals surface area contributed by atoms with E-state index >= 15 is 0 Å². The fourth-order valence-corrected chi connectivity index (χ4v) is 0.512. The highest BCUT2D eigenvalue weighted by Crippen LogP contribution is 1.88. The predicted molar refractivity (Wildman–Crippen MR) is 33.5 cm³/mol. The van der Waals surface area contributed by atoms with E-state index in [-0.39, 0.29) is 5.92 Å². The lowest BCUT2D eigenvalue weighted by Crippen LogP contribution is -2.20. The Labute approximate surface area is 50.5 Å². The van der Waals surface area contributed by atoms with Crippen molar-refractivity contribution in [3.8, 4) is 0 Å². The zero-order valence-electron chi connectivity index (χ0n) is 5.42. The minimum Gasteiger partial charge on any atom is -0.309 e. The van der Waals surface area contributed by atoms with Crippen LogP contribution in [0.1, 0.15) is 0 Å². The number of rotatable bonds is 3. The Hall–Kier alpha value is -0.370. The van der Waals surface area contributed by atoms with Gasteiger partial charge >= 0.3 is 0 Å². The maximum atomic E-state index is 9.95. The molecule has 0 amide bonds. The first-order chi connectivity index (χ1) is 3.66. The maximum Gasteiger partial charge on any atom is 0.124 e. The van der Waals surface area contributed by atoms with Gasteiger partial charge in [-0.25, -0.2) is 0 Å². The van der Waals surface area contributed by atoms with Crippen LogP contribution in [0.5, 0.6) is 0 Å².